The lowest BCUT2D eigenvalue weighted by atomic mass is 10.0. The molecule has 0 bridgehead atoms. The minimum Gasteiger partial charge on any atom is -0.507 e. The van der Waals surface area contributed by atoms with E-state index in [1.807, 2.05) is 72.8 Å². The quantitative estimate of drug-likeness (QED) is 0.484. The van der Waals surface area contributed by atoms with E-state index in [0.717, 1.165) is 16.7 Å². The lowest BCUT2D eigenvalue weighted by molar-refractivity contribution is 0.185. The minimum atomic E-state index is -0.378. The maximum absolute atomic E-state index is 10.7. The number of rotatable bonds is 6. The Morgan fingerprint density at radius 1 is 0.733 bits per heavy atom. The summed E-state index contributed by atoms with van der Waals surface area (Å²) in [7, 11) is 0. The molecule has 0 aliphatic carbocycles. The Hall–Kier alpha value is -3.57. The predicted molar refractivity (Wildman–Crippen MR) is 118 cm³/mol. The molecule has 5 heteroatoms. The maximum atomic E-state index is 10.7. The number of nitrogens with zero attached hydrogens (tertiary/aromatic N) is 3. The molecule has 0 aliphatic rings. The molecule has 0 amide bonds. The highest BCUT2D eigenvalue weighted by Crippen LogP contribution is 2.31. The second kappa shape index (κ2) is 8.84. The summed E-state index contributed by atoms with van der Waals surface area (Å²) >= 11 is 0. The second-order valence-corrected chi connectivity index (χ2v) is 7.28. The fourth-order valence-corrected chi connectivity index (χ4v) is 3.23. The second-order valence-electron chi connectivity index (χ2n) is 7.28. The molecule has 1 atom stereocenters. The Labute approximate surface area is 175 Å². The van der Waals surface area contributed by atoms with Gasteiger partial charge in [0.15, 0.2) is 17.5 Å². The van der Waals surface area contributed by atoms with Crippen LogP contribution >= 0.6 is 0 Å². The van der Waals surface area contributed by atoms with Gasteiger partial charge in [0.2, 0.25) is 0 Å². The van der Waals surface area contributed by atoms with E-state index in [-0.39, 0.29) is 11.9 Å². The van der Waals surface area contributed by atoms with Gasteiger partial charge in [-0.05, 0) is 37.5 Å². The van der Waals surface area contributed by atoms with Crippen molar-refractivity contribution in [3.05, 3.63) is 84.4 Å². The third kappa shape index (κ3) is 4.53. The van der Waals surface area contributed by atoms with Crippen molar-refractivity contribution in [1.82, 2.24) is 15.0 Å². The molecule has 5 nitrogen and oxygen atoms in total. The van der Waals surface area contributed by atoms with E-state index < -0.39 is 0 Å². The van der Waals surface area contributed by atoms with Gasteiger partial charge < -0.3 is 10.2 Å². The molecule has 4 aromatic rings. The number of aliphatic hydroxyl groups excluding tert-OH is 1. The largest absolute Gasteiger partial charge is 0.507 e. The number of hydrogen-bond acceptors (Lipinski definition) is 5. The Bertz CT molecular complexity index is 1070. The van der Waals surface area contributed by atoms with Crippen LogP contribution in [0.3, 0.4) is 0 Å². The van der Waals surface area contributed by atoms with E-state index >= 15 is 0 Å². The van der Waals surface area contributed by atoms with Crippen molar-refractivity contribution in [2.45, 2.75) is 25.9 Å². The molecule has 0 aliphatic heterocycles. The Balaban J connectivity index is 1.79. The van der Waals surface area contributed by atoms with Gasteiger partial charge in [0.1, 0.15) is 5.75 Å². The van der Waals surface area contributed by atoms with Crippen LogP contribution in [0.15, 0.2) is 78.9 Å². The summed E-state index contributed by atoms with van der Waals surface area (Å²) in [5.74, 6) is 1.64. The smallest absolute Gasteiger partial charge is 0.167 e. The van der Waals surface area contributed by atoms with E-state index in [9.17, 15) is 10.2 Å². The number of aromatic nitrogens is 3. The maximum Gasteiger partial charge on any atom is 0.167 e. The average Bonchev–Trinajstić information content (AvgIpc) is 2.78. The van der Waals surface area contributed by atoms with Gasteiger partial charge in [0.25, 0.3) is 0 Å². The van der Waals surface area contributed by atoms with E-state index in [4.69, 9.17) is 0 Å². The van der Waals surface area contributed by atoms with Crippen LogP contribution < -0.4 is 0 Å². The van der Waals surface area contributed by atoms with Gasteiger partial charge in [-0.3, -0.25) is 0 Å². The van der Waals surface area contributed by atoms with Crippen LogP contribution in [-0.4, -0.2) is 31.3 Å². The summed E-state index contributed by atoms with van der Waals surface area (Å²) in [5, 5.41) is 20.2. The molecule has 2 N–H and O–H groups in total. The summed E-state index contributed by atoms with van der Waals surface area (Å²) in [4.78, 5) is 13.9. The molecule has 4 rings (SSSR count). The van der Waals surface area contributed by atoms with Crippen LogP contribution in [-0.2, 0) is 6.42 Å². The van der Waals surface area contributed by atoms with Crippen LogP contribution in [0.2, 0.25) is 0 Å². The van der Waals surface area contributed by atoms with E-state index in [1.165, 1.54) is 0 Å². The van der Waals surface area contributed by atoms with E-state index in [2.05, 4.69) is 15.0 Å². The van der Waals surface area contributed by atoms with E-state index in [0.29, 0.717) is 35.9 Å². The van der Waals surface area contributed by atoms with Crippen molar-refractivity contribution in [1.29, 1.82) is 0 Å². The molecule has 1 aromatic heterocycles. The zero-order valence-corrected chi connectivity index (χ0v) is 16.7. The Morgan fingerprint density at radius 2 is 1.27 bits per heavy atom. The molecule has 0 fully saturated rings. The molecular formula is C25H23N3O2. The van der Waals surface area contributed by atoms with Gasteiger partial charge in [0, 0.05) is 11.1 Å². The van der Waals surface area contributed by atoms with Gasteiger partial charge in [0.05, 0.1) is 11.7 Å². The highest BCUT2D eigenvalue weighted by atomic mass is 16.3. The molecule has 1 heterocycles. The van der Waals surface area contributed by atoms with Crippen molar-refractivity contribution in [3.8, 4) is 39.9 Å². The molecule has 150 valence electrons. The molecule has 0 spiro atoms. The zero-order valence-electron chi connectivity index (χ0n) is 16.7. The summed E-state index contributed by atoms with van der Waals surface area (Å²) in [6, 6.07) is 24.9. The van der Waals surface area contributed by atoms with Crippen LogP contribution in [0.1, 0.15) is 18.9 Å². The first-order valence-corrected chi connectivity index (χ1v) is 9.97. The van der Waals surface area contributed by atoms with Crippen LogP contribution in [0.25, 0.3) is 34.2 Å². The molecule has 0 saturated heterocycles. The Morgan fingerprint density at radius 3 is 1.77 bits per heavy atom. The third-order valence-corrected chi connectivity index (χ3v) is 4.85. The van der Waals surface area contributed by atoms with Crippen molar-refractivity contribution in [3.63, 3.8) is 0 Å². The summed E-state index contributed by atoms with van der Waals surface area (Å²) < 4.78 is 0. The molecule has 3 aromatic carbocycles. The summed E-state index contributed by atoms with van der Waals surface area (Å²) in [6.07, 6.45) is 0.950. The molecule has 1 unspecified atom stereocenters. The monoisotopic (exact) mass is 397 g/mol. The number of phenols is 1. The predicted octanol–water partition coefficient (Wildman–Crippen LogP) is 4.89. The normalized spacial score (nSPS) is 11.9. The van der Waals surface area contributed by atoms with Gasteiger partial charge in [-0.25, -0.2) is 15.0 Å². The first-order valence-electron chi connectivity index (χ1n) is 9.97. The molecule has 30 heavy (non-hydrogen) atoms. The number of aromatic hydroxyl groups is 1. The lowest BCUT2D eigenvalue weighted by Gasteiger charge is -2.11. The third-order valence-electron chi connectivity index (χ3n) is 4.85. The number of aryl methyl sites for hydroxylation is 1. The van der Waals surface area contributed by atoms with Gasteiger partial charge in [-0.15, -0.1) is 0 Å². The number of hydrogen-bond donors (Lipinski definition) is 2. The number of benzene rings is 3. The highest BCUT2D eigenvalue weighted by molar-refractivity contribution is 5.69. The highest BCUT2D eigenvalue weighted by Gasteiger charge is 2.15. The minimum absolute atomic E-state index is 0.113. The van der Waals surface area contributed by atoms with Crippen LogP contribution in [0, 0.1) is 0 Å². The SMILES string of the molecule is CC(O)CCc1ccc(-c2nc(-c3ccccc3)nc(-c3ccccc3)n2)c(O)c1. The fraction of sp³-hybridized carbons (Fsp3) is 0.160. The first kappa shape index (κ1) is 19.7. The van der Waals surface area contributed by atoms with Crippen molar-refractivity contribution < 1.29 is 10.2 Å². The lowest BCUT2D eigenvalue weighted by Crippen LogP contribution is -2.02. The number of aliphatic hydroxyl groups is 1. The first-order chi connectivity index (χ1) is 14.6. The van der Waals surface area contributed by atoms with Crippen molar-refractivity contribution >= 4 is 0 Å². The van der Waals surface area contributed by atoms with Crippen molar-refractivity contribution in [2.75, 3.05) is 0 Å². The summed E-state index contributed by atoms with van der Waals surface area (Å²) in [6.45, 7) is 1.76. The molecule has 0 radical (unpaired) electrons. The molecular weight excluding hydrogens is 374 g/mol. The average molecular weight is 397 g/mol. The van der Waals surface area contributed by atoms with Crippen LogP contribution in [0.5, 0.6) is 5.75 Å². The Kier molecular flexibility index (Phi) is 5.82. The fourth-order valence-electron chi connectivity index (χ4n) is 3.23. The van der Waals surface area contributed by atoms with Crippen LogP contribution in [0.4, 0.5) is 0 Å². The summed E-state index contributed by atoms with van der Waals surface area (Å²) in [5.41, 5.74) is 3.27. The number of phenolic OH excluding ortho intramolecular Hbond substituents is 1. The van der Waals surface area contributed by atoms with E-state index in [1.54, 1.807) is 13.0 Å². The molecule has 0 saturated carbocycles. The van der Waals surface area contributed by atoms with Gasteiger partial charge in [-0.2, -0.15) is 0 Å². The zero-order chi connectivity index (χ0) is 20.9. The van der Waals surface area contributed by atoms with Gasteiger partial charge >= 0.3 is 0 Å². The standard InChI is InChI=1S/C25H23N3O2/c1-17(29)12-13-18-14-15-21(22(30)16-18)25-27-23(19-8-4-2-5-9-19)26-24(28-25)20-10-6-3-7-11-20/h2-11,14-17,29-30H,12-13H2,1H3. The van der Waals surface area contributed by atoms with Crippen molar-refractivity contribution in [2.24, 2.45) is 0 Å². The topological polar surface area (TPSA) is 79.1 Å². The van der Waals surface area contributed by atoms with Gasteiger partial charge in [-0.1, -0.05) is 66.7 Å².